The van der Waals surface area contributed by atoms with Gasteiger partial charge in [-0.2, -0.15) is 0 Å². The molecule has 180 valence electrons. The fourth-order valence-corrected chi connectivity index (χ4v) is 3.66. The van der Waals surface area contributed by atoms with Crippen LogP contribution in [0.2, 0.25) is 0 Å². The number of piperidine rings is 1. The molecule has 10 heteroatoms. The van der Waals surface area contributed by atoms with Crippen molar-refractivity contribution < 1.29 is 14.4 Å². The van der Waals surface area contributed by atoms with Crippen molar-refractivity contribution in [1.82, 2.24) is 10.6 Å². The fourth-order valence-electron chi connectivity index (χ4n) is 3.66. The van der Waals surface area contributed by atoms with E-state index in [1.807, 2.05) is 25.1 Å². The number of aliphatic imine (C=N–C) groups is 1. The standard InChI is InChI=1S/C23H31N5O4.HI/c1-4-24-23(25-16-17-5-7-19(8-6-17)28(29)30)26-18-9-11-27(12-10-18)20-13-21(31-2)15-22(14-20)32-3;/h5-8,13-15,18H,4,9-12,16H2,1-3H3,(H2,24,25,26);1H. The minimum absolute atomic E-state index is 0. The van der Waals surface area contributed by atoms with Crippen molar-refractivity contribution in [3.05, 3.63) is 58.1 Å². The van der Waals surface area contributed by atoms with E-state index in [9.17, 15) is 10.1 Å². The minimum atomic E-state index is -0.396. The largest absolute Gasteiger partial charge is 0.497 e. The van der Waals surface area contributed by atoms with Gasteiger partial charge in [-0.3, -0.25) is 10.1 Å². The molecule has 1 aliphatic heterocycles. The molecule has 0 aromatic heterocycles. The van der Waals surface area contributed by atoms with E-state index in [-0.39, 0.29) is 29.7 Å². The number of ether oxygens (including phenoxy) is 2. The van der Waals surface area contributed by atoms with Crippen LogP contribution in [0.3, 0.4) is 0 Å². The maximum atomic E-state index is 10.8. The summed E-state index contributed by atoms with van der Waals surface area (Å²) in [7, 11) is 3.32. The molecule has 1 fully saturated rings. The lowest BCUT2D eigenvalue weighted by molar-refractivity contribution is -0.384. The van der Waals surface area contributed by atoms with Gasteiger partial charge in [0.25, 0.3) is 5.69 Å². The number of guanidine groups is 1. The SMILES string of the molecule is CCNC(=NCc1ccc([N+](=O)[O-])cc1)NC1CCN(c2cc(OC)cc(OC)c2)CC1.I. The van der Waals surface area contributed by atoms with Crippen molar-refractivity contribution in [2.75, 3.05) is 38.8 Å². The van der Waals surface area contributed by atoms with Crippen LogP contribution in [0.25, 0.3) is 0 Å². The predicted molar refractivity (Wildman–Crippen MR) is 141 cm³/mol. The van der Waals surface area contributed by atoms with Crippen LogP contribution in [0.15, 0.2) is 47.5 Å². The Morgan fingerprint density at radius 2 is 1.73 bits per heavy atom. The highest BCUT2D eigenvalue weighted by Crippen LogP contribution is 2.30. The zero-order valence-electron chi connectivity index (χ0n) is 19.2. The van der Waals surface area contributed by atoms with Gasteiger partial charge in [0.05, 0.1) is 25.7 Å². The van der Waals surface area contributed by atoms with Gasteiger partial charge in [0.1, 0.15) is 11.5 Å². The van der Waals surface area contributed by atoms with Crippen LogP contribution in [0, 0.1) is 10.1 Å². The van der Waals surface area contributed by atoms with Crippen LogP contribution < -0.4 is 25.0 Å². The molecule has 0 atom stereocenters. The molecule has 33 heavy (non-hydrogen) atoms. The van der Waals surface area contributed by atoms with E-state index in [1.54, 1.807) is 26.4 Å². The zero-order chi connectivity index (χ0) is 22.9. The lowest BCUT2D eigenvalue weighted by atomic mass is 10.0. The smallest absolute Gasteiger partial charge is 0.269 e. The predicted octanol–water partition coefficient (Wildman–Crippen LogP) is 3.95. The molecule has 0 aliphatic carbocycles. The normalized spacial score (nSPS) is 14.3. The number of nitro benzene ring substituents is 1. The van der Waals surface area contributed by atoms with E-state index >= 15 is 0 Å². The Kier molecular flexibility index (Phi) is 10.5. The van der Waals surface area contributed by atoms with Gasteiger partial charge in [-0.15, -0.1) is 24.0 Å². The number of nitro groups is 1. The molecule has 2 aromatic rings. The number of nitrogens with zero attached hydrogens (tertiary/aromatic N) is 3. The number of benzene rings is 2. The van der Waals surface area contributed by atoms with Crippen LogP contribution in [0.1, 0.15) is 25.3 Å². The molecule has 0 bridgehead atoms. The van der Waals surface area contributed by atoms with Gasteiger partial charge in [0.2, 0.25) is 0 Å². The molecule has 1 aliphatic rings. The fraction of sp³-hybridized carbons (Fsp3) is 0.435. The Balaban J connectivity index is 0.00000385. The summed E-state index contributed by atoms with van der Waals surface area (Å²) < 4.78 is 10.8. The second-order valence-corrected chi connectivity index (χ2v) is 7.60. The van der Waals surface area contributed by atoms with Gasteiger partial charge >= 0.3 is 0 Å². The van der Waals surface area contributed by atoms with Gasteiger partial charge in [-0.1, -0.05) is 12.1 Å². The van der Waals surface area contributed by atoms with Crippen LogP contribution in [0.4, 0.5) is 11.4 Å². The quantitative estimate of drug-likeness (QED) is 0.163. The first-order valence-corrected chi connectivity index (χ1v) is 10.8. The molecular formula is C23H32IN5O4. The van der Waals surface area contributed by atoms with Crippen LogP contribution >= 0.6 is 24.0 Å². The lowest BCUT2D eigenvalue weighted by Gasteiger charge is -2.34. The Morgan fingerprint density at radius 1 is 1.12 bits per heavy atom. The van der Waals surface area contributed by atoms with Crippen molar-refractivity contribution in [2.24, 2.45) is 4.99 Å². The molecule has 1 heterocycles. The maximum Gasteiger partial charge on any atom is 0.269 e. The monoisotopic (exact) mass is 569 g/mol. The van der Waals surface area contributed by atoms with E-state index in [4.69, 9.17) is 9.47 Å². The van der Waals surface area contributed by atoms with Crippen LogP contribution in [-0.4, -0.2) is 50.8 Å². The van der Waals surface area contributed by atoms with Crippen molar-refractivity contribution in [2.45, 2.75) is 32.4 Å². The Hall–Kier alpha value is -2.76. The van der Waals surface area contributed by atoms with Crippen LogP contribution in [0.5, 0.6) is 11.5 Å². The molecule has 0 saturated carbocycles. The number of anilines is 1. The van der Waals surface area contributed by atoms with Gasteiger partial charge in [0, 0.05) is 61.7 Å². The highest BCUT2D eigenvalue weighted by molar-refractivity contribution is 14.0. The van der Waals surface area contributed by atoms with E-state index in [0.29, 0.717) is 12.6 Å². The zero-order valence-corrected chi connectivity index (χ0v) is 21.6. The number of nitrogens with one attached hydrogen (secondary N) is 2. The Labute approximate surface area is 211 Å². The lowest BCUT2D eigenvalue weighted by Crippen LogP contribution is -2.48. The second-order valence-electron chi connectivity index (χ2n) is 7.60. The highest BCUT2D eigenvalue weighted by Gasteiger charge is 2.21. The molecule has 2 N–H and O–H groups in total. The van der Waals surface area contributed by atoms with Gasteiger partial charge in [0.15, 0.2) is 5.96 Å². The van der Waals surface area contributed by atoms with Gasteiger partial charge < -0.3 is 25.0 Å². The molecule has 0 unspecified atom stereocenters. The third-order valence-electron chi connectivity index (χ3n) is 5.45. The third-order valence-corrected chi connectivity index (χ3v) is 5.45. The molecule has 9 nitrogen and oxygen atoms in total. The number of hydrogen-bond acceptors (Lipinski definition) is 6. The van der Waals surface area contributed by atoms with Crippen molar-refractivity contribution in [3.63, 3.8) is 0 Å². The summed E-state index contributed by atoms with van der Waals surface area (Å²) in [6.45, 7) is 5.07. The number of halogens is 1. The summed E-state index contributed by atoms with van der Waals surface area (Å²) in [5.74, 6) is 2.33. The second kappa shape index (κ2) is 13.1. The Morgan fingerprint density at radius 3 is 2.24 bits per heavy atom. The average molecular weight is 569 g/mol. The summed E-state index contributed by atoms with van der Waals surface area (Å²) in [4.78, 5) is 17.4. The number of methoxy groups -OCH3 is 2. The number of non-ortho nitro benzene ring substituents is 1. The summed E-state index contributed by atoms with van der Waals surface area (Å²) in [5.41, 5.74) is 2.11. The van der Waals surface area contributed by atoms with Crippen molar-refractivity contribution in [3.8, 4) is 11.5 Å². The van der Waals surface area contributed by atoms with Crippen molar-refractivity contribution in [1.29, 1.82) is 0 Å². The topological polar surface area (TPSA) is 101 Å². The van der Waals surface area contributed by atoms with E-state index in [1.165, 1.54) is 12.1 Å². The molecule has 1 saturated heterocycles. The van der Waals surface area contributed by atoms with E-state index in [2.05, 4.69) is 20.5 Å². The first-order valence-electron chi connectivity index (χ1n) is 10.8. The summed E-state index contributed by atoms with van der Waals surface area (Å²) in [6.07, 6.45) is 1.95. The molecule has 3 rings (SSSR count). The molecule has 0 amide bonds. The summed E-state index contributed by atoms with van der Waals surface area (Å²) in [6, 6.07) is 12.8. The molecular weight excluding hydrogens is 537 g/mol. The molecule has 2 aromatic carbocycles. The molecule has 0 spiro atoms. The summed E-state index contributed by atoms with van der Waals surface area (Å²) >= 11 is 0. The number of hydrogen-bond donors (Lipinski definition) is 2. The highest BCUT2D eigenvalue weighted by atomic mass is 127. The van der Waals surface area contributed by atoms with Gasteiger partial charge in [-0.05, 0) is 25.3 Å². The summed E-state index contributed by atoms with van der Waals surface area (Å²) in [5, 5.41) is 17.6. The van der Waals surface area contributed by atoms with Crippen LogP contribution in [-0.2, 0) is 6.54 Å². The number of rotatable bonds is 8. The average Bonchev–Trinajstić information content (AvgIpc) is 2.83. The van der Waals surface area contributed by atoms with Gasteiger partial charge in [-0.25, -0.2) is 4.99 Å². The van der Waals surface area contributed by atoms with E-state index in [0.717, 1.165) is 61.2 Å². The third kappa shape index (κ3) is 7.65. The first kappa shape index (κ1) is 26.5. The Bertz CT molecular complexity index is 909. The first-order chi connectivity index (χ1) is 15.5. The minimum Gasteiger partial charge on any atom is -0.497 e. The van der Waals surface area contributed by atoms with Crippen molar-refractivity contribution >= 4 is 41.3 Å². The maximum absolute atomic E-state index is 10.8. The van der Waals surface area contributed by atoms with E-state index < -0.39 is 4.92 Å². The molecule has 0 radical (unpaired) electrons.